The molecule has 3 nitrogen and oxygen atoms in total. The highest BCUT2D eigenvalue weighted by atomic mass is 32.2. The molecule has 1 aliphatic carbocycles. The van der Waals surface area contributed by atoms with E-state index in [9.17, 15) is 8.94 Å². The minimum absolute atomic E-state index is 0.165. The Morgan fingerprint density at radius 2 is 1.88 bits per heavy atom. The van der Waals surface area contributed by atoms with E-state index in [0.29, 0.717) is 12.5 Å². The summed E-state index contributed by atoms with van der Waals surface area (Å²) in [6, 6.07) is 4.78. The molecule has 1 N–H and O–H groups in total. The fourth-order valence-corrected chi connectivity index (χ4v) is 3.39. The molecule has 0 spiro atoms. The van der Waals surface area contributed by atoms with E-state index in [4.69, 9.17) is 4.74 Å². The molecule has 1 aliphatic rings. The molecule has 1 fully saturated rings. The molecule has 0 aliphatic heterocycles. The van der Waals surface area contributed by atoms with Gasteiger partial charge in [0.1, 0.15) is 4.75 Å². The summed E-state index contributed by atoms with van der Waals surface area (Å²) >= 11 is -1.21. The van der Waals surface area contributed by atoms with Crippen molar-refractivity contribution in [3.05, 3.63) is 29.6 Å². The summed E-state index contributed by atoms with van der Waals surface area (Å²) in [5.74, 6) is 0.513. The third kappa shape index (κ3) is 5.36. The molecule has 0 bridgehead atoms. The number of nitrogens with one attached hydrogen (secondary N) is 1. The Bertz CT molecular complexity index is 561. The van der Waals surface area contributed by atoms with Crippen molar-refractivity contribution in [2.24, 2.45) is 11.3 Å². The summed E-state index contributed by atoms with van der Waals surface area (Å²) in [4.78, 5) is 0. The first kappa shape index (κ1) is 19.5. The Hall–Kier alpha value is -0.780. The molecule has 0 aromatic heterocycles. The van der Waals surface area contributed by atoms with Gasteiger partial charge in [-0.25, -0.2) is 4.39 Å². The molecule has 24 heavy (non-hydrogen) atoms. The van der Waals surface area contributed by atoms with E-state index in [-0.39, 0.29) is 27.8 Å². The average molecular weight is 356 g/mol. The zero-order valence-electron chi connectivity index (χ0n) is 15.6. The number of benzene rings is 1. The lowest BCUT2D eigenvalue weighted by Crippen LogP contribution is -2.44. The third-order valence-corrected chi connectivity index (χ3v) is 5.67. The predicted molar refractivity (Wildman–Crippen MR) is 97.8 cm³/mol. The Balaban J connectivity index is 2.23. The largest absolute Gasteiger partial charge is 0.598 e. The Morgan fingerprint density at radius 3 is 2.38 bits per heavy atom. The average Bonchev–Trinajstić information content (AvgIpc) is 3.25. The minimum Gasteiger partial charge on any atom is -0.598 e. The maximum absolute atomic E-state index is 14.0. The van der Waals surface area contributed by atoms with Gasteiger partial charge in [-0.1, -0.05) is 26.8 Å². The van der Waals surface area contributed by atoms with Gasteiger partial charge in [0.15, 0.2) is 11.6 Å². The molecule has 0 saturated heterocycles. The number of hydrogen-bond acceptors (Lipinski definition) is 3. The quantitative estimate of drug-likeness (QED) is 0.749. The van der Waals surface area contributed by atoms with Crippen LogP contribution in [0.1, 0.15) is 66.0 Å². The molecule has 0 amide bonds. The Kier molecular flexibility index (Phi) is 5.88. The van der Waals surface area contributed by atoms with Crippen LogP contribution in [-0.2, 0) is 11.4 Å². The van der Waals surface area contributed by atoms with Crippen LogP contribution in [-0.4, -0.2) is 15.9 Å². The van der Waals surface area contributed by atoms with Gasteiger partial charge in [0, 0.05) is 11.4 Å². The van der Waals surface area contributed by atoms with E-state index >= 15 is 0 Å². The lowest BCUT2D eigenvalue weighted by atomic mass is 9.83. The normalized spacial score (nSPS) is 18.3. The number of rotatable bonds is 6. The lowest BCUT2D eigenvalue weighted by molar-refractivity contribution is 0.279. The number of halogens is 1. The van der Waals surface area contributed by atoms with Crippen LogP contribution in [0.2, 0.25) is 0 Å². The molecule has 1 aromatic rings. The standard InChI is InChI=1S/C19H30FNO2S/c1-18(2,3)17(21-24(22)19(4,5)6)14-9-10-15(20)16(11-14)23-12-13-7-8-13/h9-11,13,17,21H,7-8,12H2,1-6H3. The Morgan fingerprint density at radius 1 is 1.25 bits per heavy atom. The van der Waals surface area contributed by atoms with E-state index in [1.165, 1.54) is 6.07 Å². The van der Waals surface area contributed by atoms with E-state index in [1.807, 2.05) is 20.8 Å². The molecule has 136 valence electrons. The first-order valence-corrected chi connectivity index (χ1v) is 9.74. The van der Waals surface area contributed by atoms with Gasteiger partial charge in [-0.3, -0.25) is 0 Å². The van der Waals surface area contributed by atoms with Crippen molar-refractivity contribution in [3.8, 4) is 5.75 Å². The summed E-state index contributed by atoms with van der Waals surface area (Å²) in [6.07, 6.45) is 2.33. The highest BCUT2D eigenvalue weighted by molar-refractivity contribution is 7.90. The highest BCUT2D eigenvalue weighted by Gasteiger charge is 2.35. The monoisotopic (exact) mass is 355 g/mol. The number of hydrogen-bond donors (Lipinski definition) is 1. The van der Waals surface area contributed by atoms with Crippen LogP contribution >= 0.6 is 0 Å². The van der Waals surface area contributed by atoms with Gasteiger partial charge in [-0.05, 0) is 62.6 Å². The predicted octanol–water partition coefficient (Wildman–Crippen LogP) is 4.75. The van der Waals surface area contributed by atoms with Crippen LogP contribution in [0.4, 0.5) is 4.39 Å². The van der Waals surface area contributed by atoms with E-state index in [0.717, 1.165) is 18.4 Å². The molecule has 0 radical (unpaired) electrons. The molecule has 2 atom stereocenters. The molecule has 1 aromatic carbocycles. The molecular weight excluding hydrogens is 325 g/mol. The van der Waals surface area contributed by atoms with E-state index in [2.05, 4.69) is 25.5 Å². The van der Waals surface area contributed by atoms with Gasteiger partial charge in [-0.15, -0.1) is 4.72 Å². The van der Waals surface area contributed by atoms with Crippen molar-refractivity contribution in [1.82, 2.24) is 4.72 Å². The van der Waals surface area contributed by atoms with Crippen molar-refractivity contribution in [2.45, 2.75) is 65.2 Å². The molecular formula is C19H30FNO2S. The molecule has 1 saturated carbocycles. The van der Waals surface area contributed by atoms with E-state index in [1.54, 1.807) is 12.1 Å². The van der Waals surface area contributed by atoms with Crippen molar-refractivity contribution in [1.29, 1.82) is 0 Å². The maximum Gasteiger partial charge on any atom is 0.165 e. The number of ether oxygens (including phenoxy) is 1. The van der Waals surface area contributed by atoms with Gasteiger partial charge >= 0.3 is 0 Å². The van der Waals surface area contributed by atoms with Crippen molar-refractivity contribution >= 4 is 11.4 Å². The summed E-state index contributed by atoms with van der Waals surface area (Å²) in [5, 5.41) is 0. The second kappa shape index (κ2) is 7.22. The minimum atomic E-state index is -1.21. The first-order chi connectivity index (χ1) is 11.0. The highest BCUT2D eigenvalue weighted by Crippen LogP contribution is 2.37. The molecule has 0 heterocycles. The van der Waals surface area contributed by atoms with Gasteiger partial charge < -0.3 is 9.29 Å². The van der Waals surface area contributed by atoms with Gasteiger partial charge in [-0.2, -0.15) is 0 Å². The van der Waals surface area contributed by atoms with Crippen LogP contribution in [0.3, 0.4) is 0 Å². The molecule has 2 rings (SSSR count). The summed E-state index contributed by atoms with van der Waals surface area (Å²) < 4.78 is 35.1. The van der Waals surface area contributed by atoms with Gasteiger partial charge in [0.05, 0.1) is 12.6 Å². The first-order valence-electron chi connectivity index (χ1n) is 8.59. The molecule has 5 heteroatoms. The summed E-state index contributed by atoms with van der Waals surface area (Å²) in [5.41, 5.74) is 0.722. The van der Waals surface area contributed by atoms with Crippen molar-refractivity contribution in [2.75, 3.05) is 6.61 Å². The third-order valence-electron chi connectivity index (χ3n) is 4.11. The Labute approximate surface area is 148 Å². The topological polar surface area (TPSA) is 44.3 Å². The van der Waals surface area contributed by atoms with Crippen LogP contribution in [0.25, 0.3) is 0 Å². The van der Waals surface area contributed by atoms with Crippen molar-refractivity contribution < 1.29 is 13.7 Å². The fourth-order valence-electron chi connectivity index (χ4n) is 2.33. The maximum atomic E-state index is 14.0. The summed E-state index contributed by atoms with van der Waals surface area (Å²) in [7, 11) is 0. The lowest BCUT2D eigenvalue weighted by Gasteiger charge is -2.35. The van der Waals surface area contributed by atoms with Crippen LogP contribution in [0.15, 0.2) is 18.2 Å². The van der Waals surface area contributed by atoms with Crippen LogP contribution in [0.5, 0.6) is 5.75 Å². The van der Waals surface area contributed by atoms with Crippen molar-refractivity contribution in [3.63, 3.8) is 0 Å². The zero-order valence-corrected chi connectivity index (χ0v) is 16.4. The fraction of sp³-hybridized carbons (Fsp3) is 0.684. The molecule has 2 unspecified atom stereocenters. The van der Waals surface area contributed by atoms with E-state index < -0.39 is 11.4 Å². The van der Waals surface area contributed by atoms with Gasteiger partial charge in [0.25, 0.3) is 0 Å². The zero-order chi connectivity index (χ0) is 18.1. The summed E-state index contributed by atoms with van der Waals surface area (Å²) in [6.45, 7) is 12.6. The second-order valence-electron chi connectivity index (χ2n) is 8.74. The second-order valence-corrected chi connectivity index (χ2v) is 10.7. The smallest absolute Gasteiger partial charge is 0.165 e. The SMILES string of the molecule is CC(C)(C)C(N[S+]([O-])C(C)(C)C)c1ccc(F)c(OCC2CC2)c1. The van der Waals surface area contributed by atoms with Crippen LogP contribution < -0.4 is 9.46 Å². The van der Waals surface area contributed by atoms with Crippen LogP contribution in [0, 0.1) is 17.2 Å². The van der Waals surface area contributed by atoms with Gasteiger partial charge in [0.2, 0.25) is 0 Å².